The molecule has 3 aromatic carbocycles. The number of carbonyl (C=O) groups excluding carboxylic acids is 2. The van der Waals surface area contributed by atoms with Gasteiger partial charge in [0.15, 0.2) is 0 Å². The Balaban J connectivity index is 2.07. The molecule has 1 N–H and O–H groups in total. The second kappa shape index (κ2) is 15.6. The molecule has 0 unspecified atom stereocenters. The summed E-state index contributed by atoms with van der Waals surface area (Å²) in [6.45, 7) is 5.71. The number of halogens is 1. The Morgan fingerprint density at radius 3 is 2.19 bits per heavy atom. The van der Waals surface area contributed by atoms with Crippen molar-refractivity contribution in [2.45, 2.75) is 57.5 Å². The van der Waals surface area contributed by atoms with Gasteiger partial charge in [-0.2, -0.15) is 0 Å². The normalized spacial score (nSPS) is 11.9. The first-order chi connectivity index (χ1) is 20.5. The van der Waals surface area contributed by atoms with Crippen molar-refractivity contribution < 1.29 is 27.5 Å². The van der Waals surface area contributed by atoms with E-state index >= 15 is 0 Å². The van der Waals surface area contributed by atoms with Crippen LogP contribution in [0.25, 0.3) is 0 Å². The summed E-state index contributed by atoms with van der Waals surface area (Å²) < 4.78 is 39.6. The molecule has 0 bridgehead atoms. The van der Waals surface area contributed by atoms with Crippen LogP contribution in [0.15, 0.2) is 71.6 Å². The summed E-state index contributed by atoms with van der Waals surface area (Å²) in [6.07, 6.45) is 2.04. The lowest BCUT2D eigenvalue weighted by Crippen LogP contribution is -2.52. The number of rotatable bonds is 15. The molecule has 0 aliphatic carbocycles. The molecule has 0 saturated heterocycles. The van der Waals surface area contributed by atoms with Gasteiger partial charge in [0.2, 0.25) is 11.8 Å². The van der Waals surface area contributed by atoms with Gasteiger partial charge in [0.05, 0.1) is 29.8 Å². The van der Waals surface area contributed by atoms with E-state index in [2.05, 4.69) is 5.32 Å². The van der Waals surface area contributed by atoms with Crippen molar-refractivity contribution in [3.63, 3.8) is 0 Å². The van der Waals surface area contributed by atoms with Crippen molar-refractivity contribution in [3.8, 4) is 11.5 Å². The highest BCUT2D eigenvalue weighted by Crippen LogP contribution is 2.32. The molecule has 232 valence electrons. The van der Waals surface area contributed by atoms with Crippen LogP contribution >= 0.6 is 11.6 Å². The number of nitrogens with zero attached hydrogens (tertiary/aromatic N) is 2. The van der Waals surface area contributed by atoms with Crippen LogP contribution in [0, 0.1) is 6.92 Å². The smallest absolute Gasteiger partial charge is 0.264 e. The zero-order valence-electron chi connectivity index (χ0n) is 25.3. The van der Waals surface area contributed by atoms with Crippen LogP contribution in [0.5, 0.6) is 11.5 Å². The number of carbonyl (C=O) groups is 2. The number of ether oxygens (including phenoxy) is 2. The van der Waals surface area contributed by atoms with Crippen LogP contribution in [-0.4, -0.2) is 58.5 Å². The van der Waals surface area contributed by atoms with Crippen molar-refractivity contribution in [2.75, 3.05) is 31.6 Å². The van der Waals surface area contributed by atoms with Crippen molar-refractivity contribution in [1.82, 2.24) is 10.2 Å². The SMILES string of the molecule is CCCCNC(=O)[C@H](CC)N(Cc1ccc(OC)cc1)C(=O)CN(c1ccc(OC)c(Cl)c1)S(=O)(=O)c1ccc(C)cc1. The van der Waals surface area contributed by atoms with Gasteiger partial charge in [0, 0.05) is 13.1 Å². The molecule has 0 heterocycles. The van der Waals surface area contributed by atoms with Gasteiger partial charge in [-0.05, 0) is 67.8 Å². The number of aryl methyl sites for hydroxylation is 1. The van der Waals surface area contributed by atoms with Gasteiger partial charge in [-0.3, -0.25) is 13.9 Å². The van der Waals surface area contributed by atoms with Gasteiger partial charge in [0.25, 0.3) is 10.0 Å². The average Bonchev–Trinajstić information content (AvgIpc) is 3.00. The first kappa shape index (κ1) is 33.7. The number of hydrogen-bond acceptors (Lipinski definition) is 6. The summed E-state index contributed by atoms with van der Waals surface area (Å²) >= 11 is 6.39. The van der Waals surface area contributed by atoms with E-state index < -0.39 is 28.5 Å². The molecule has 0 aromatic heterocycles. The van der Waals surface area contributed by atoms with Crippen molar-refractivity contribution in [2.24, 2.45) is 0 Å². The summed E-state index contributed by atoms with van der Waals surface area (Å²) in [4.78, 5) is 29.0. The molecular weight excluding hydrogens is 590 g/mol. The number of sulfonamides is 1. The molecule has 0 radical (unpaired) electrons. The number of benzene rings is 3. The Morgan fingerprint density at radius 1 is 0.953 bits per heavy atom. The van der Waals surface area contributed by atoms with E-state index in [1.165, 1.54) is 36.3 Å². The van der Waals surface area contributed by atoms with Crippen LogP contribution in [0.4, 0.5) is 5.69 Å². The summed E-state index contributed by atoms with van der Waals surface area (Å²) in [7, 11) is -1.20. The minimum atomic E-state index is -4.22. The van der Waals surface area contributed by atoms with Crippen molar-refractivity contribution in [1.29, 1.82) is 0 Å². The summed E-state index contributed by atoms with van der Waals surface area (Å²) in [5.41, 5.74) is 1.83. The number of unbranched alkanes of at least 4 members (excludes halogenated alkanes) is 1. The van der Waals surface area contributed by atoms with Crippen LogP contribution in [0.3, 0.4) is 0 Å². The highest BCUT2D eigenvalue weighted by molar-refractivity contribution is 7.92. The minimum Gasteiger partial charge on any atom is -0.497 e. The molecule has 0 fully saturated rings. The Hall–Kier alpha value is -3.76. The van der Waals surface area contributed by atoms with E-state index in [9.17, 15) is 18.0 Å². The number of methoxy groups -OCH3 is 2. The molecule has 1 atom stereocenters. The molecule has 2 amide bonds. The van der Waals surface area contributed by atoms with Gasteiger partial charge in [-0.1, -0.05) is 61.7 Å². The third-order valence-corrected chi connectivity index (χ3v) is 9.12. The van der Waals surface area contributed by atoms with E-state index in [1.807, 2.05) is 32.9 Å². The second-order valence-corrected chi connectivity index (χ2v) is 12.4. The standard InChI is InChI=1S/C32H40ClN3O6S/c1-6-8-19-34-32(38)29(7-2)35(21-24-11-14-26(41-4)15-12-24)31(37)22-36(25-13-18-30(42-5)28(33)20-25)43(39,40)27-16-9-23(3)10-17-27/h9-18,20,29H,6-8,19,21-22H2,1-5H3,(H,34,38)/t29-/m0/s1. The number of anilines is 1. The van der Waals surface area contributed by atoms with Crippen molar-refractivity contribution >= 4 is 39.1 Å². The molecular formula is C32H40ClN3O6S. The lowest BCUT2D eigenvalue weighted by molar-refractivity contribution is -0.140. The fourth-order valence-corrected chi connectivity index (χ4v) is 6.19. The largest absolute Gasteiger partial charge is 0.497 e. The minimum absolute atomic E-state index is 0.0175. The maximum absolute atomic E-state index is 14.2. The van der Waals surface area contributed by atoms with Crippen LogP contribution < -0.4 is 19.1 Å². The highest BCUT2D eigenvalue weighted by Gasteiger charge is 2.34. The predicted molar refractivity (Wildman–Crippen MR) is 169 cm³/mol. The molecule has 0 spiro atoms. The Morgan fingerprint density at radius 2 is 1.63 bits per heavy atom. The molecule has 9 nitrogen and oxygen atoms in total. The van der Waals surface area contributed by atoms with E-state index in [-0.39, 0.29) is 28.1 Å². The lowest BCUT2D eigenvalue weighted by Gasteiger charge is -2.33. The Labute approximate surface area is 259 Å². The fraction of sp³-hybridized carbons (Fsp3) is 0.375. The van der Waals surface area contributed by atoms with Gasteiger partial charge < -0.3 is 19.7 Å². The zero-order valence-corrected chi connectivity index (χ0v) is 26.9. The van der Waals surface area contributed by atoms with Crippen LogP contribution in [0.2, 0.25) is 5.02 Å². The zero-order chi connectivity index (χ0) is 31.6. The van der Waals surface area contributed by atoms with E-state index in [0.29, 0.717) is 24.5 Å². The average molecular weight is 630 g/mol. The fourth-order valence-electron chi connectivity index (χ4n) is 4.53. The molecule has 3 aromatic rings. The van der Waals surface area contributed by atoms with E-state index in [4.69, 9.17) is 21.1 Å². The predicted octanol–water partition coefficient (Wildman–Crippen LogP) is 5.58. The van der Waals surface area contributed by atoms with E-state index in [1.54, 1.807) is 37.4 Å². The van der Waals surface area contributed by atoms with Crippen molar-refractivity contribution in [3.05, 3.63) is 82.9 Å². The van der Waals surface area contributed by atoms with Gasteiger partial charge in [-0.25, -0.2) is 8.42 Å². The molecule has 11 heteroatoms. The Kier molecular flexibility index (Phi) is 12.3. The topological polar surface area (TPSA) is 105 Å². The maximum Gasteiger partial charge on any atom is 0.264 e. The number of amides is 2. The lowest BCUT2D eigenvalue weighted by atomic mass is 10.1. The first-order valence-corrected chi connectivity index (χ1v) is 16.0. The monoisotopic (exact) mass is 629 g/mol. The van der Waals surface area contributed by atoms with E-state index in [0.717, 1.165) is 28.3 Å². The molecule has 0 aliphatic rings. The first-order valence-electron chi connectivity index (χ1n) is 14.2. The maximum atomic E-state index is 14.2. The van der Waals surface area contributed by atoms with Crippen LogP contribution in [0.1, 0.15) is 44.2 Å². The Bertz CT molecular complexity index is 1480. The highest BCUT2D eigenvalue weighted by atomic mass is 35.5. The molecule has 0 aliphatic heterocycles. The van der Waals surface area contributed by atoms with Crippen LogP contribution in [-0.2, 0) is 26.2 Å². The quantitative estimate of drug-likeness (QED) is 0.220. The third kappa shape index (κ3) is 8.64. The summed E-state index contributed by atoms with van der Waals surface area (Å²) in [5.74, 6) is 0.173. The number of nitrogens with one attached hydrogen (secondary N) is 1. The molecule has 0 saturated carbocycles. The molecule has 43 heavy (non-hydrogen) atoms. The molecule has 3 rings (SSSR count). The van der Waals surface area contributed by atoms with Gasteiger partial charge in [0.1, 0.15) is 24.1 Å². The third-order valence-electron chi connectivity index (χ3n) is 7.04. The second-order valence-electron chi connectivity index (χ2n) is 10.1. The van der Waals surface area contributed by atoms with Gasteiger partial charge in [-0.15, -0.1) is 0 Å². The number of hydrogen-bond donors (Lipinski definition) is 1. The summed E-state index contributed by atoms with van der Waals surface area (Å²) in [5, 5.41) is 3.11. The van der Waals surface area contributed by atoms with Gasteiger partial charge >= 0.3 is 0 Å². The summed E-state index contributed by atoms with van der Waals surface area (Å²) in [6, 6.07) is 17.2.